The average molecular weight is 496 g/mol. The Morgan fingerprint density at radius 3 is 2.88 bits per heavy atom. The average Bonchev–Trinajstić information content (AvgIpc) is 3.35. The summed E-state index contributed by atoms with van der Waals surface area (Å²) in [4.78, 5) is 36.8. The Balaban J connectivity index is 0.00000289. The van der Waals surface area contributed by atoms with Crippen LogP contribution in [0.5, 0.6) is 0 Å². The lowest BCUT2D eigenvalue weighted by atomic mass is 9.74. The maximum absolute atomic E-state index is 13.5. The number of hydrogen-bond donors (Lipinski definition) is 3. The van der Waals surface area contributed by atoms with Crippen LogP contribution in [0.25, 0.3) is 10.9 Å². The Labute approximate surface area is 202 Å². The lowest BCUT2D eigenvalue weighted by Gasteiger charge is -2.39. The third-order valence-corrected chi connectivity index (χ3v) is 6.95. The van der Waals surface area contributed by atoms with Gasteiger partial charge in [0.25, 0.3) is 5.91 Å². The van der Waals surface area contributed by atoms with Gasteiger partial charge < -0.3 is 20.9 Å². The van der Waals surface area contributed by atoms with Gasteiger partial charge in [0.15, 0.2) is 5.01 Å². The van der Waals surface area contributed by atoms with Gasteiger partial charge in [-0.05, 0) is 51.2 Å². The summed E-state index contributed by atoms with van der Waals surface area (Å²) in [5, 5.41) is 4.85. The van der Waals surface area contributed by atoms with Crippen molar-refractivity contribution < 1.29 is 9.59 Å². The number of aromatic amines is 1. The zero-order valence-electron chi connectivity index (χ0n) is 18.0. The van der Waals surface area contributed by atoms with Crippen molar-refractivity contribution >= 4 is 57.9 Å². The first kappa shape index (κ1) is 24.7. The quantitative estimate of drug-likeness (QED) is 0.448. The van der Waals surface area contributed by atoms with Crippen molar-refractivity contribution in [1.29, 1.82) is 0 Å². The number of aromatic nitrogens is 2. The summed E-state index contributed by atoms with van der Waals surface area (Å²) in [6.45, 7) is 0.720. The SMILES string of the molecule is CN(C)Cc1cnc(C(=O)NC2CCCCC2(N)C(=O)c2cc3cc(Cl)ccc3[nH]2)s1.Cl. The van der Waals surface area contributed by atoms with E-state index in [0.717, 1.165) is 35.2 Å². The van der Waals surface area contributed by atoms with Crippen LogP contribution < -0.4 is 11.1 Å². The van der Waals surface area contributed by atoms with E-state index in [1.807, 2.05) is 25.1 Å². The van der Waals surface area contributed by atoms with Gasteiger partial charge in [-0.3, -0.25) is 9.59 Å². The van der Waals surface area contributed by atoms with E-state index in [1.54, 1.807) is 24.4 Å². The number of halogens is 2. The van der Waals surface area contributed by atoms with E-state index in [2.05, 4.69) is 15.3 Å². The third-order valence-electron chi connectivity index (χ3n) is 5.73. The molecule has 10 heteroatoms. The van der Waals surface area contributed by atoms with E-state index in [9.17, 15) is 9.59 Å². The second-order valence-electron chi connectivity index (χ2n) is 8.43. The lowest BCUT2D eigenvalue weighted by molar-refractivity contribution is 0.0755. The molecule has 1 aliphatic carbocycles. The van der Waals surface area contributed by atoms with Gasteiger partial charge in [0, 0.05) is 33.5 Å². The highest BCUT2D eigenvalue weighted by molar-refractivity contribution is 7.13. The topological polar surface area (TPSA) is 104 Å². The van der Waals surface area contributed by atoms with Gasteiger partial charge in [-0.25, -0.2) is 4.98 Å². The van der Waals surface area contributed by atoms with E-state index in [0.29, 0.717) is 28.6 Å². The van der Waals surface area contributed by atoms with Gasteiger partial charge in [0.1, 0.15) is 5.54 Å². The van der Waals surface area contributed by atoms with Gasteiger partial charge >= 0.3 is 0 Å². The zero-order valence-corrected chi connectivity index (χ0v) is 20.4. The monoisotopic (exact) mass is 495 g/mol. The Morgan fingerprint density at radius 2 is 2.12 bits per heavy atom. The molecule has 2 unspecified atom stereocenters. The van der Waals surface area contributed by atoms with Crippen LogP contribution in [0.2, 0.25) is 5.02 Å². The highest BCUT2D eigenvalue weighted by Crippen LogP contribution is 2.31. The molecule has 0 bridgehead atoms. The minimum atomic E-state index is -1.18. The maximum Gasteiger partial charge on any atom is 0.280 e. The van der Waals surface area contributed by atoms with Crippen LogP contribution in [0.4, 0.5) is 0 Å². The number of rotatable bonds is 6. The number of carbonyl (C=O) groups excluding carboxylic acids is 2. The van der Waals surface area contributed by atoms with E-state index >= 15 is 0 Å². The summed E-state index contributed by atoms with van der Waals surface area (Å²) in [6, 6.07) is 6.74. The summed E-state index contributed by atoms with van der Waals surface area (Å²) in [7, 11) is 3.93. The van der Waals surface area contributed by atoms with Crippen LogP contribution in [-0.2, 0) is 6.54 Å². The van der Waals surface area contributed by atoms with Crippen molar-refractivity contribution in [3.63, 3.8) is 0 Å². The number of amides is 1. The Bertz CT molecular complexity index is 1130. The zero-order chi connectivity index (χ0) is 22.2. The van der Waals surface area contributed by atoms with E-state index < -0.39 is 11.6 Å². The summed E-state index contributed by atoms with van der Waals surface area (Å²) in [5.74, 6) is -0.481. The number of benzene rings is 1. The standard InChI is InChI=1S/C22H26ClN5O2S.ClH/c1-28(2)12-15-11-25-21(31-15)20(30)27-18-5-3-4-8-22(18,24)19(29)17-10-13-9-14(23)6-7-16(13)26-17;/h6-7,9-11,18,26H,3-5,8,12,24H2,1-2H3,(H,27,30);1H. The van der Waals surface area contributed by atoms with Crippen molar-refractivity contribution in [1.82, 2.24) is 20.2 Å². The molecular formula is C22H27Cl2N5O2S. The summed E-state index contributed by atoms with van der Waals surface area (Å²) >= 11 is 7.43. The molecule has 1 fully saturated rings. The summed E-state index contributed by atoms with van der Waals surface area (Å²) in [5.41, 5.74) is 6.77. The fourth-order valence-corrected chi connectivity index (χ4v) is 5.28. The van der Waals surface area contributed by atoms with E-state index in [4.69, 9.17) is 17.3 Å². The molecule has 3 aromatic rings. The molecular weight excluding hydrogens is 469 g/mol. The Hall–Kier alpha value is -1.97. The van der Waals surface area contributed by atoms with Crippen LogP contribution in [0.3, 0.4) is 0 Å². The second kappa shape index (κ2) is 9.89. The van der Waals surface area contributed by atoms with Crippen molar-refractivity contribution in [2.45, 2.75) is 43.8 Å². The number of thiazole rings is 1. The molecule has 0 radical (unpaired) electrons. The number of H-pyrrole nitrogens is 1. The highest BCUT2D eigenvalue weighted by Gasteiger charge is 2.45. The fourth-order valence-electron chi connectivity index (χ4n) is 4.16. The summed E-state index contributed by atoms with van der Waals surface area (Å²) in [6.07, 6.45) is 4.62. The molecule has 2 heterocycles. The smallest absolute Gasteiger partial charge is 0.280 e. The first-order valence-corrected chi connectivity index (χ1v) is 11.5. The Morgan fingerprint density at radius 1 is 1.34 bits per heavy atom. The van der Waals surface area contributed by atoms with Crippen LogP contribution in [0.1, 0.15) is 50.9 Å². The van der Waals surface area contributed by atoms with Gasteiger partial charge in [0.05, 0.1) is 11.7 Å². The highest BCUT2D eigenvalue weighted by atomic mass is 35.5. The van der Waals surface area contributed by atoms with Crippen molar-refractivity contribution in [3.8, 4) is 0 Å². The fraction of sp³-hybridized carbons (Fsp3) is 0.409. The van der Waals surface area contributed by atoms with Gasteiger partial charge in [-0.15, -0.1) is 23.7 Å². The molecule has 0 spiro atoms. The molecule has 2 atom stereocenters. The number of hydrogen-bond acceptors (Lipinski definition) is 6. The number of nitrogens with one attached hydrogen (secondary N) is 2. The third kappa shape index (κ3) is 5.00. The van der Waals surface area contributed by atoms with Crippen LogP contribution in [-0.4, -0.2) is 52.2 Å². The van der Waals surface area contributed by atoms with Gasteiger partial charge in [0.2, 0.25) is 5.78 Å². The molecule has 0 saturated heterocycles. The lowest BCUT2D eigenvalue weighted by Crippen LogP contribution is -2.64. The minimum absolute atomic E-state index is 0. The molecule has 2 aromatic heterocycles. The molecule has 1 amide bonds. The first-order valence-electron chi connectivity index (χ1n) is 10.3. The minimum Gasteiger partial charge on any atom is -0.352 e. The first-order chi connectivity index (χ1) is 14.8. The van der Waals surface area contributed by atoms with E-state index in [-0.39, 0.29) is 24.1 Å². The number of nitrogens with zero attached hydrogens (tertiary/aromatic N) is 2. The molecule has 1 aliphatic rings. The number of nitrogens with two attached hydrogens (primary N) is 1. The summed E-state index contributed by atoms with van der Waals surface area (Å²) < 4.78 is 0. The van der Waals surface area contributed by atoms with Gasteiger partial charge in [-0.1, -0.05) is 24.4 Å². The maximum atomic E-state index is 13.5. The molecule has 1 aromatic carbocycles. The molecule has 1 saturated carbocycles. The number of fused-ring (bicyclic) bond motifs is 1. The normalized spacial score (nSPS) is 20.8. The van der Waals surface area contributed by atoms with Crippen molar-refractivity contribution in [3.05, 3.63) is 51.1 Å². The van der Waals surface area contributed by atoms with E-state index in [1.165, 1.54) is 11.3 Å². The van der Waals surface area contributed by atoms with Crippen molar-refractivity contribution in [2.24, 2.45) is 5.73 Å². The second-order valence-corrected chi connectivity index (χ2v) is 9.98. The van der Waals surface area contributed by atoms with Gasteiger partial charge in [-0.2, -0.15) is 0 Å². The molecule has 172 valence electrons. The molecule has 7 nitrogen and oxygen atoms in total. The molecule has 4 N–H and O–H groups in total. The molecule has 4 rings (SSSR count). The predicted octanol–water partition coefficient (Wildman–Crippen LogP) is 4.01. The largest absolute Gasteiger partial charge is 0.352 e. The van der Waals surface area contributed by atoms with Crippen LogP contribution in [0, 0.1) is 0 Å². The number of Topliss-reactive ketones (excluding diaryl/α,β-unsaturated/α-hetero) is 1. The van der Waals surface area contributed by atoms with Crippen LogP contribution in [0.15, 0.2) is 30.5 Å². The number of carbonyl (C=O) groups is 2. The molecule has 32 heavy (non-hydrogen) atoms. The molecule has 0 aliphatic heterocycles. The van der Waals surface area contributed by atoms with Crippen molar-refractivity contribution in [2.75, 3.05) is 14.1 Å². The predicted molar refractivity (Wildman–Crippen MR) is 131 cm³/mol. The Kier molecular flexibility index (Phi) is 7.62. The van der Waals surface area contributed by atoms with Crippen LogP contribution >= 0.6 is 35.3 Å². The number of ketones is 1.